The third-order valence-electron chi connectivity index (χ3n) is 2.25. The topological polar surface area (TPSA) is 69.2 Å². The zero-order chi connectivity index (χ0) is 15.0. The summed E-state index contributed by atoms with van der Waals surface area (Å²) in [5, 5.41) is 10.5. The van der Waals surface area contributed by atoms with E-state index in [9.17, 15) is 36.5 Å². The smallest absolute Gasteiger partial charge is 0.326 e. The van der Waals surface area contributed by atoms with Crippen molar-refractivity contribution >= 4 is 5.69 Å². The molecule has 0 aliphatic rings. The minimum absolute atomic E-state index is 0.361. The van der Waals surface area contributed by atoms with Crippen molar-refractivity contribution in [3.05, 3.63) is 38.9 Å². The molecule has 2 N–H and O–H groups in total. The Balaban J connectivity index is 3.83. The lowest BCUT2D eigenvalue weighted by Gasteiger charge is -2.18. The fourth-order valence-electron chi connectivity index (χ4n) is 1.57. The van der Waals surface area contributed by atoms with E-state index in [0.717, 1.165) is 0 Å². The summed E-state index contributed by atoms with van der Waals surface area (Å²) in [5.41, 5.74) is -2.00. The van der Waals surface area contributed by atoms with Gasteiger partial charge in [-0.2, -0.15) is 26.3 Å². The average Bonchev–Trinajstić information content (AvgIpc) is 2.24. The number of rotatable bonds is 2. The molecule has 1 rings (SSSR count). The number of hydrogen-bond acceptors (Lipinski definition) is 3. The zero-order valence-corrected chi connectivity index (χ0v) is 8.97. The van der Waals surface area contributed by atoms with E-state index in [1.807, 2.05) is 0 Å². The SMILES string of the molecule is NCc1ccc([N+](=O)[O-])c(C(F)(F)F)c1C(F)(F)F. The Morgan fingerprint density at radius 3 is 1.84 bits per heavy atom. The maximum absolute atomic E-state index is 12.7. The molecule has 0 atom stereocenters. The molecule has 0 aliphatic carbocycles. The molecular formula is C9H6F6N2O2. The number of halogens is 6. The number of nitrogens with zero attached hydrogens (tertiary/aromatic N) is 1. The molecule has 0 bridgehead atoms. The molecule has 0 fully saturated rings. The molecule has 0 saturated carbocycles. The number of hydrogen-bond donors (Lipinski definition) is 1. The van der Waals surface area contributed by atoms with Crippen LogP contribution in [-0.2, 0) is 18.9 Å². The molecule has 106 valence electrons. The van der Waals surface area contributed by atoms with Gasteiger partial charge in [-0.15, -0.1) is 0 Å². The van der Waals surface area contributed by atoms with Gasteiger partial charge in [0.15, 0.2) is 0 Å². The summed E-state index contributed by atoms with van der Waals surface area (Å²) >= 11 is 0. The highest BCUT2D eigenvalue weighted by Crippen LogP contribution is 2.46. The highest BCUT2D eigenvalue weighted by molar-refractivity contribution is 5.52. The molecule has 0 saturated heterocycles. The van der Waals surface area contributed by atoms with E-state index in [1.54, 1.807) is 0 Å². The van der Waals surface area contributed by atoms with Crippen molar-refractivity contribution in [2.24, 2.45) is 5.73 Å². The second-order valence-corrected chi connectivity index (χ2v) is 3.45. The number of nitro groups is 1. The molecule has 0 spiro atoms. The van der Waals surface area contributed by atoms with E-state index in [-0.39, 0.29) is 0 Å². The Bertz CT molecular complexity index is 509. The van der Waals surface area contributed by atoms with Crippen LogP contribution in [0.2, 0.25) is 0 Å². The first-order chi connectivity index (χ1) is 8.50. The van der Waals surface area contributed by atoms with Crippen molar-refractivity contribution < 1.29 is 31.3 Å². The summed E-state index contributed by atoms with van der Waals surface area (Å²) in [6.45, 7) is -0.823. The largest absolute Gasteiger partial charge is 0.423 e. The van der Waals surface area contributed by atoms with Gasteiger partial charge in [0.1, 0.15) is 5.56 Å². The lowest BCUT2D eigenvalue weighted by atomic mass is 9.98. The molecular weight excluding hydrogens is 282 g/mol. The first-order valence-corrected chi connectivity index (χ1v) is 4.65. The highest BCUT2D eigenvalue weighted by atomic mass is 19.4. The van der Waals surface area contributed by atoms with Crippen LogP contribution in [-0.4, -0.2) is 4.92 Å². The Hall–Kier alpha value is -1.84. The van der Waals surface area contributed by atoms with Crippen LogP contribution in [0.5, 0.6) is 0 Å². The van der Waals surface area contributed by atoms with Crippen molar-refractivity contribution in [1.29, 1.82) is 0 Å². The zero-order valence-electron chi connectivity index (χ0n) is 8.97. The van der Waals surface area contributed by atoms with Crippen LogP contribution in [0.15, 0.2) is 12.1 Å². The summed E-state index contributed by atoms with van der Waals surface area (Å²) < 4.78 is 76.1. The van der Waals surface area contributed by atoms with Gasteiger partial charge in [0.2, 0.25) is 0 Å². The predicted octanol–water partition coefficient (Wildman–Crippen LogP) is 3.09. The maximum Gasteiger partial charge on any atom is 0.423 e. The van der Waals surface area contributed by atoms with Crippen LogP contribution < -0.4 is 5.73 Å². The standard InChI is InChI=1S/C9H6F6N2O2/c10-8(11,12)6-4(3-16)1-2-5(17(18)19)7(6)9(13,14)15/h1-2H,3,16H2. The number of nitrogens with two attached hydrogens (primary N) is 1. The minimum Gasteiger partial charge on any atom is -0.326 e. The summed E-state index contributed by atoms with van der Waals surface area (Å²) in [6, 6.07) is 0.927. The Morgan fingerprint density at radius 2 is 1.53 bits per heavy atom. The van der Waals surface area contributed by atoms with Gasteiger partial charge >= 0.3 is 12.4 Å². The van der Waals surface area contributed by atoms with Crippen molar-refractivity contribution in [3.63, 3.8) is 0 Å². The fourth-order valence-corrected chi connectivity index (χ4v) is 1.57. The van der Waals surface area contributed by atoms with Gasteiger partial charge in [-0.25, -0.2) is 0 Å². The first kappa shape index (κ1) is 15.2. The van der Waals surface area contributed by atoms with E-state index in [0.29, 0.717) is 12.1 Å². The van der Waals surface area contributed by atoms with Crippen LogP contribution in [0.3, 0.4) is 0 Å². The van der Waals surface area contributed by atoms with Crippen LogP contribution in [0.1, 0.15) is 16.7 Å². The molecule has 0 unspecified atom stereocenters. The number of nitro benzene ring substituents is 1. The number of alkyl halides is 6. The quantitative estimate of drug-likeness (QED) is 0.516. The fraction of sp³-hybridized carbons (Fsp3) is 0.333. The molecule has 19 heavy (non-hydrogen) atoms. The second kappa shape index (κ2) is 4.68. The third-order valence-corrected chi connectivity index (χ3v) is 2.25. The van der Waals surface area contributed by atoms with Crippen LogP contribution in [0, 0.1) is 10.1 Å². The molecule has 0 aliphatic heterocycles. The molecule has 0 radical (unpaired) electrons. The lowest BCUT2D eigenvalue weighted by molar-refractivity contribution is -0.388. The second-order valence-electron chi connectivity index (χ2n) is 3.45. The normalized spacial score (nSPS) is 12.6. The molecule has 0 amide bonds. The Kier molecular flexibility index (Phi) is 3.75. The van der Waals surface area contributed by atoms with Gasteiger partial charge in [0.25, 0.3) is 5.69 Å². The van der Waals surface area contributed by atoms with E-state index >= 15 is 0 Å². The van der Waals surface area contributed by atoms with E-state index < -0.39 is 46.2 Å². The highest BCUT2D eigenvalue weighted by Gasteiger charge is 2.49. The molecule has 0 heterocycles. The monoisotopic (exact) mass is 288 g/mol. The molecule has 0 aromatic heterocycles. The van der Waals surface area contributed by atoms with E-state index in [2.05, 4.69) is 0 Å². The van der Waals surface area contributed by atoms with E-state index in [4.69, 9.17) is 5.73 Å². The molecule has 1 aromatic carbocycles. The van der Waals surface area contributed by atoms with Gasteiger partial charge in [-0.05, 0) is 5.56 Å². The van der Waals surface area contributed by atoms with Gasteiger partial charge < -0.3 is 5.73 Å². The Morgan fingerprint density at radius 1 is 1.05 bits per heavy atom. The van der Waals surface area contributed by atoms with Crippen molar-refractivity contribution in [1.82, 2.24) is 0 Å². The molecule has 1 aromatic rings. The van der Waals surface area contributed by atoms with Crippen molar-refractivity contribution in [2.45, 2.75) is 18.9 Å². The predicted molar refractivity (Wildman–Crippen MR) is 51.0 cm³/mol. The number of benzene rings is 1. The summed E-state index contributed by atoms with van der Waals surface area (Å²) in [6.07, 6.45) is -10.9. The van der Waals surface area contributed by atoms with Gasteiger partial charge in [-0.1, -0.05) is 6.07 Å². The maximum atomic E-state index is 12.7. The third kappa shape index (κ3) is 2.95. The van der Waals surface area contributed by atoms with Crippen LogP contribution in [0.4, 0.5) is 32.0 Å². The van der Waals surface area contributed by atoms with Crippen LogP contribution in [0.25, 0.3) is 0 Å². The van der Waals surface area contributed by atoms with Gasteiger partial charge in [0, 0.05) is 12.6 Å². The lowest BCUT2D eigenvalue weighted by Crippen LogP contribution is -2.22. The first-order valence-electron chi connectivity index (χ1n) is 4.65. The van der Waals surface area contributed by atoms with Gasteiger partial charge in [0.05, 0.1) is 10.5 Å². The molecule has 10 heteroatoms. The summed E-state index contributed by atoms with van der Waals surface area (Å²) in [5.74, 6) is 0. The Labute approximate surface area is 102 Å². The van der Waals surface area contributed by atoms with Gasteiger partial charge in [-0.3, -0.25) is 10.1 Å². The summed E-state index contributed by atoms with van der Waals surface area (Å²) in [7, 11) is 0. The van der Waals surface area contributed by atoms with Crippen LogP contribution >= 0.6 is 0 Å². The van der Waals surface area contributed by atoms with Crippen molar-refractivity contribution in [3.8, 4) is 0 Å². The van der Waals surface area contributed by atoms with E-state index in [1.165, 1.54) is 0 Å². The average molecular weight is 288 g/mol. The minimum atomic E-state index is -5.52. The summed E-state index contributed by atoms with van der Waals surface area (Å²) in [4.78, 5) is 8.94. The van der Waals surface area contributed by atoms with Crippen molar-refractivity contribution in [2.75, 3.05) is 0 Å². The molecule has 4 nitrogen and oxygen atoms in total.